The quantitative estimate of drug-likeness (QED) is 0.344. The largest absolute Gasteiger partial charge is 0.490 e. The van der Waals surface area contributed by atoms with Crippen molar-refractivity contribution in [1.29, 1.82) is 0 Å². The number of anilines is 3. The number of carboxylic acid groups (broad SMARTS) is 1. The molecule has 40 heavy (non-hydrogen) atoms. The number of nitrogens with one attached hydrogen (secondary N) is 2. The third-order valence-electron chi connectivity index (χ3n) is 5.52. The van der Waals surface area contributed by atoms with Gasteiger partial charge in [-0.3, -0.25) is 9.52 Å². The first kappa shape index (κ1) is 31.0. The molecular formula is C22H21ClF5N5O6S. The average molecular weight is 614 g/mol. The molecule has 1 fully saturated rings. The van der Waals surface area contributed by atoms with E-state index in [-0.39, 0.29) is 52.0 Å². The van der Waals surface area contributed by atoms with Crippen molar-refractivity contribution in [2.75, 3.05) is 36.8 Å². The Morgan fingerprint density at radius 2 is 1.80 bits per heavy atom. The van der Waals surface area contributed by atoms with E-state index in [0.717, 1.165) is 10.6 Å². The van der Waals surface area contributed by atoms with Crippen LogP contribution in [0.1, 0.15) is 0 Å². The Balaban J connectivity index is 0.000000559. The third kappa shape index (κ3) is 6.78. The van der Waals surface area contributed by atoms with E-state index in [0.29, 0.717) is 6.61 Å². The molecule has 4 rings (SSSR count). The van der Waals surface area contributed by atoms with Gasteiger partial charge in [-0.2, -0.15) is 25.9 Å². The van der Waals surface area contributed by atoms with Crippen molar-refractivity contribution in [1.82, 2.24) is 13.9 Å². The molecule has 1 saturated heterocycles. The highest BCUT2D eigenvalue weighted by Gasteiger charge is 2.38. The van der Waals surface area contributed by atoms with Crippen LogP contribution in [0.2, 0.25) is 5.02 Å². The van der Waals surface area contributed by atoms with Gasteiger partial charge in [-0.1, -0.05) is 11.6 Å². The van der Waals surface area contributed by atoms with Crippen LogP contribution in [0.25, 0.3) is 10.9 Å². The molecule has 1 aliphatic rings. The second kappa shape index (κ2) is 11.9. The minimum absolute atomic E-state index is 0.0884. The number of carbonyl (C=O) groups is 1. The normalized spacial score (nSPS) is 14.3. The summed E-state index contributed by atoms with van der Waals surface area (Å²) in [5.74, 6) is -4.45. The second-order valence-electron chi connectivity index (χ2n) is 8.44. The Kier molecular flexibility index (Phi) is 9.23. The molecule has 11 nitrogen and oxygen atoms in total. The van der Waals surface area contributed by atoms with Gasteiger partial charge in [0.05, 0.1) is 40.5 Å². The lowest BCUT2D eigenvalue weighted by molar-refractivity contribution is -0.192. The van der Waals surface area contributed by atoms with Crippen LogP contribution >= 0.6 is 11.6 Å². The highest BCUT2D eigenvalue weighted by molar-refractivity contribution is 7.90. The van der Waals surface area contributed by atoms with Crippen molar-refractivity contribution in [3.8, 4) is 0 Å². The number of carboxylic acids is 1. The predicted molar refractivity (Wildman–Crippen MR) is 135 cm³/mol. The van der Waals surface area contributed by atoms with Crippen LogP contribution in [-0.4, -0.2) is 66.3 Å². The van der Waals surface area contributed by atoms with E-state index in [2.05, 4.69) is 15.0 Å². The predicted octanol–water partition coefficient (Wildman–Crippen LogP) is 3.48. The van der Waals surface area contributed by atoms with Crippen molar-refractivity contribution in [3.63, 3.8) is 0 Å². The number of fused-ring (bicyclic) bond motifs is 1. The molecular weight excluding hydrogens is 593 g/mol. The van der Waals surface area contributed by atoms with Crippen molar-refractivity contribution >= 4 is 55.7 Å². The van der Waals surface area contributed by atoms with Gasteiger partial charge >= 0.3 is 22.4 Å². The van der Waals surface area contributed by atoms with Crippen LogP contribution in [0.3, 0.4) is 0 Å². The minimum atomic E-state index is -5.08. The van der Waals surface area contributed by atoms with Crippen LogP contribution in [-0.2, 0) is 26.8 Å². The first-order valence-corrected chi connectivity index (χ1v) is 12.8. The molecule has 0 radical (unpaired) electrons. The highest BCUT2D eigenvalue weighted by Crippen LogP contribution is 2.37. The number of aryl methyl sites for hydroxylation is 1. The molecule has 1 aliphatic heterocycles. The maximum Gasteiger partial charge on any atom is 0.490 e. The molecule has 0 atom stereocenters. The second-order valence-corrected chi connectivity index (χ2v) is 10.5. The van der Waals surface area contributed by atoms with Gasteiger partial charge in [-0.15, -0.1) is 0 Å². The van der Waals surface area contributed by atoms with Gasteiger partial charge < -0.3 is 19.7 Å². The number of hydrogen-bond donors (Lipinski definition) is 3. The van der Waals surface area contributed by atoms with E-state index >= 15 is 4.39 Å². The van der Waals surface area contributed by atoms with Gasteiger partial charge in [-0.25, -0.2) is 18.6 Å². The number of methoxy groups -OCH3 is 1. The Bertz CT molecular complexity index is 1600. The highest BCUT2D eigenvalue weighted by atomic mass is 35.5. The summed E-state index contributed by atoms with van der Waals surface area (Å²) in [5.41, 5.74) is -1.14. The number of ether oxygens (including phenoxy) is 1. The van der Waals surface area contributed by atoms with Crippen LogP contribution < -0.4 is 15.6 Å². The Labute approximate surface area is 228 Å². The summed E-state index contributed by atoms with van der Waals surface area (Å²) in [6.45, 7) is 0.990. The van der Waals surface area contributed by atoms with Crippen molar-refractivity contribution < 1.29 is 45.0 Å². The van der Waals surface area contributed by atoms with Crippen LogP contribution in [0, 0.1) is 17.6 Å². The first-order valence-electron chi connectivity index (χ1n) is 11.0. The van der Waals surface area contributed by atoms with Gasteiger partial charge in [0.25, 0.3) is 5.56 Å². The van der Waals surface area contributed by atoms with E-state index in [1.807, 2.05) is 0 Å². The fourth-order valence-corrected chi connectivity index (χ4v) is 5.19. The Morgan fingerprint density at radius 3 is 2.38 bits per heavy atom. The first-order chi connectivity index (χ1) is 18.6. The molecule has 0 unspecified atom stereocenters. The Hall–Kier alpha value is -3.54. The zero-order chi connectivity index (χ0) is 30.0. The summed E-state index contributed by atoms with van der Waals surface area (Å²) in [5, 5.41) is 9.08. The van der Waals surface area contributed by atoms with Gasteiger partial charge in [0.15, 0.2) is 5.82 Å². The van der Waals surface area contributed by atoms with Crippen LogP contribution in [0.5, 0.6) is 0 Å². The standard InChI is InChI=1S/C20H20ClF2N5O4S.C2HF3O2/c1-27-10-24-13-5-6-15(18(23)16(13)20(27)29)25-19-12(22)3-4-14(17(19)21)26-33(30,31)28-7-11(8-28)9-32-2;3-2(4,5)1(6)7/h3-6,10-11,25-26H,7-9H2,1-2H3;(H,6,7). The molecule has 0 spiro atoms. The number of halogens is 6. The molecule has 18 heteroatoms. The van der Waals surface area contributed by atoms with Crippen molar-refractivity contribution in [2.24, 2.45) is 13.0 Å². The summed E-state index contributed by atoms with van der Waals surface area (Å²) < 4.78 is 96.2. The minimum Gasteiger partial charge on any atom is -0.475 e. The monoisotopic (exact) mass is 613 g/mol. The molecule has 218 valence electrons. The van der Waals surface area contributed by atoms with E-state index < -0.39 is 39.5 Å². The molecule has 3 N–H and O–H groups in total. The SMILES string of the molecule is COCC1CN(S(=O)(=O)Nc2ccc(F)c(Nc3ccc4ncn(C)c(=O)c4c3F)c2Cl)C1.O=C(O)C(F)(F)F. The summed E-state index contributed by atoms with van der Waals surface area (Å²) >= 11 is 6.27. The number of benzene rings is 2. The number of alkyl halides is 3. The lowest BCUT2D eigenvalue weighted by atomic mass is 10.1. The summed E-state index contributed by atoms with van der Waals surface area (Å²) in [7, 11) is -0.970. The average Bonchev–Trinajstić information content (AvgIpc) is 2.83. The fraction of sp³-hybridized carbons (Fsp3) is 0.318. The lowest BCUT2D eigenvalue weighted by Gasteiger charge is -2.37. The number of rotatable bonds is 7. The number of aliphatic carboxylic acids is 1. The molecule has 3 aromatic rings. The maximum absolute atomic E-state index is 15.1. The van der Waals surface area contributed by atoms with E-state index in [1.165, 1.54) is 43.0 Å². The van der Waals surface area contributed by atoms with Crippen LogP contribution in [0.15, 0.2) is 35.4 Å². The molecule has 0 aliphatic carbocycles. The zero-order valence-corrected chi connectivity index (χ0v) is 22.2. The summed E-state index contributed by atoms with van der Waals surface area (Å²) in [4.78, 5) is 25.2. The summed E-state index contributed by atoms with van der Waals surface area (Å²) in [6.07, 6.45) is -3.82. The van der Waals surface area contributed by atoms with E-state index in [1.54, 1.807) is 0 Å². The molecule has 0 bridgehead atoms. The molecule has 0 amide bonds. The van der Waals surface area contributed by atoms with Gasteiger partial charge in [0, 0.05) is 33.2 Å². The molecule has 2 heterocycles. The van der Waals surface area contributed by atoms with Gasteiger partial charge in [0.2, 0.25) is 0 Å². The lowest BCUT2D eigenvalue weighted by Crippen LogP contribution is -2.53. The van der Waals surface area contributed by atoms with Crippen LogP contribution in [0.4, 0.5) is 39.0 Å². The van der Waals surface area contributed by atoms with Gasteiger partial charge in [0.1, 0.15) is 11.2 Å². The van der Waals surface area contributed by atoms with Gasteiger partial charge in [-0.05, 0) is 24.3 Å². The zero-order valence-electron chi connectivity index (χ0n) is 20.6. The summed E-state index contributed by atoms with van der Waals surface area (Å²) in [6, 6.07) is 4.85. The fourth-order valence-electron chi connectivity index (χ4n) is 3.49. The van der Waals surface area contributed by atoms with E-state index in [9.17, 15) is 30.8 Å². The maximum atomic E-state index is 15.1. The molecule has 2 aromatic carbocycles. The molecule has 1 aromatic heterocycles. The molecule has 0 saturated carbocycles. The van der Waals surface area contributed by atoms with E-state index in [4.69, 9.17) is 26.2 Å². The number of hydrogen-bond acceptors (Lipinski definition) is 7. The number of aromatic nitrogens is 2. The third-order valence-corrected chi connectivity index (χ3v) is 7.37. The topological polar surface area (TPSA) is 143 Å². The number of nitrogens with zero attached hydrogens (tertiary/aromatic N) is 3. The van der Waals surface area contributed by atoms with Crippen molar-refractivity contribution in [3.05, 3.63) is 57.6 Å². The van der Waals surface area contributed by atoms with Crippen molar-refractivity contribution in [2.45, 2.75) is 6.18 Å². The smallest absolute Gasteiger partial charge is 0.475 e. The Morgan fingerprint density at radius 1 is 1.20 bits per heavy atom.